The van der Waals surface area contributed by atoms with Gasteiger partial charge >= 0.3 is 0 Å². The highest BCUT2D eigenvalue weighted by atomic mass is 15.2. The minimum Gasteiger partial charge on any atom is -0.296 e. The minimum absolute atomic E-state index is 0.278. The molecule has 68 valence electrons. The molecule has 1 aliphatic heterocycles. The third-order valence-electron chi connectivity index (χ3n) is 2.64. The van der Waals surface area contributed by atoms with Gasteiger partial charge in [-0.3, -0.25) is 4.90 Å². The van der Waals surface area contributed by atoms with Crippen molar-refractivity contribution < 1.29 is 0 Å². The van der Waals surface area contributed by atoms with Crippen LogP contribution in [0.25, 0.3) is 0 Å². The first-order valence-corrected chi connectivity index (χ1v) is 4.90. The molecule has 2 radical (unpaired) electrons. The van der Waals surface area contributed by atoms with Crippen LogP contribution in [0.4, 0.5) is 0 Å². The molecule has 1 aromatic carbocycles. The van der Waals surface area contributed by atoms with Gasteiger partial charge in [0.1, 0.15) is 0 Å². The number of rotatable bonds is 2. The van der Waals surface area contributed by atoms with E-state index in [0.29, 0.717) is 0 Å². The Morgan fingerprint density at radius 1 is 1.31 bits per heavy atom. The van der Waals surface area contributed by atoms with Crippen LogP contribution in [0.5, 0.6) is 0 Å². The molecule has 1 atom stereocenters. The summed E-state index contributed by atoms with van der Waals surface area (Å²) in [6.45, 7) is 8.10. The molecule has 1 saturated heterocycles. The van der Waals surface area contributed by atoms with Crippen LogP contribution < -0.4 is 0 Å². The molecular weight excluding hydrogens is 158 g/mol. The van der Waals surface area contributed by atoms with Crippen LogP contribution in [0.15, 0.2) is 30.3 Å². The molecule has 0 amide bonds. The lowest BCUT2D eigenvalue weighted by atomic mass is 10.2. The summed E-state index contributed by atoms with van der Waals surface area (Å²) < 4.78 is 0. The second-order valence-corrected chi connectivity index (χ2v) is 3.67. The predicted octanol–water partition coefficient (Wildman–Crippen LogP) is 2.36. The summed E-state index contributed by atoms with van der Waals surface area (Å²) in [7, 11) is 0. The number of hydrogen-bond donors (Lipinski definition) is 0. The van der Waals surface area contributed by atoms with Gasteiger partial charge in [0.2, 0.25) is 0 Å². The Morgan fingerprint density at radius 3 is 2.69 bits per heavy atom. The van der Waals surface area contributed by atoms with E-state index in [4.69, 9.17) is 6.92 Å². The summed E-state index contributed by atoms with van der Waals surface area (Å²) in [5.41, 5.74) is 1.36. The van der Waals surface area contributed by atoms with Crippen molar-refractivity contribution in [3.63, 3.8) is 0 Å². The van der Waals surface area contributed by atoms with Crippen molar-refractivity contribution in [3.8, 4) is 0 Å². The molecule has 0 bridgehead atoms. The van der Waals surface area contributed by atoms with Crippen LogP contribution in [0.2, 0.25) is 0 Å². The van der Waals surface area contributed by atoms with Crippen LogP contribution in [0, 0.1) is 6.92 Å². The Kier molecular flexibility index (Phi) is 2.65. The monoisotopic (exact) mass is 173 g/mol. The normalized spacial score (nSPS) is 23.6. The topological polar surface area (TPSA) is 3.24 Å². The first kappa shape index (κ1) is 8.76. The summed E-state index contributed by atoms with van der Waals surface area (Å²) in [5, 5.41) is 0. The van der Waals surface area contributed by atoms with E-state index < -0.39 is 0 Å². The van der Waals surface area contributed by atoms with Crippen LogP contribution in [0.1, 0.15) is 18.4 Å². The van der Waals surface area contributed by atoms with Gasteiger partial charge in [0, 0.05) is 12.6 Å². The van der Waals surface area contributed by atoms with E-state index in [-0.39, 0.29) is 6.04 Å². The molecule has 1 fully saturated rings. The summed E-state index contributed by atoms with van der Waals surface area (Å²) in [6.07, 6.45) is 2.39. The van der Waals surface area contributed by atoms with Gasteiger partial charge in [-0.25, -0.2) is 0 Å². The summed E-state index contributed by atoms with van der Waals surface area (Å²) >= 11 is 0. The van der Waals surface area contributed by atoms with E-state index >= 15 is 0 Å². The fraction of sp³-hybridized carbons (Fsp3) is 0.417. The van der Waals surface area contributed by atoms with Crippen molar-refractivity contribution >= 4 is 0 Å². The van der Waals surface area contributed by atoms with Crippen molar-refractivity contribution in [2.24, 2.45) is 0 Å². The van der Waals surface area contributed by atoms with Gasteiger partial charge in [-0.2, -0.15) is 0 Å². The Bertz CT molecular complexity index is 255. The molecule has 1 heterocycles. The molecule has 0 N–H and O–H groups in total. The number of likely N-dealkylation sites (tertiary alicyclic amines) is 1. The number of benzene rings is 1. The molecule has 0 spiro atoms. The van der Waals surface area contributed by atoms with Gasteiger partial charge in [0.15, 0.2) is 0 Å². The van der Waals surface area contributed by atoms with Gasteiger partial charge < -0.3 is 0 Å². The zero-order valence-electron chi connectivity index (χ0n) is 7.82. The summed E-state index contributed by atoms with van der Waals surface area (Å²) in [5.74, 6) is 0. The van der Waals surface area contributed by atoms with Crippen molar-refractivity contribution in [2.75, 3.05) is 6.54 Å². The average molecular weight is 173 g/mol. The third-order valence-corrected chi connectivity index (χ3v) is 2.64. The average Bonchev–Trinajstić information content (AvgIpc) is 2.54. The van der Waals surface area contributed by atoms with Crippen LogP contribution >= 0.6 is 0 Å². The van der Waals surface area contributed by atoms with Gasteiger partial charge in [-0.15, -0.1) is 0 Å². The Morgan fingerprint density at radius 2 is 2.08 bits per heavy atom. The molecule has 1 aliphatic rings. The van der Waals surface area contributed by atoms with Crippen molar-refractivity contribution in [2.45, 2.75) is 25.4 Å². The maximum atomic E-state index is 5.95. The third kappa shape index (κ3) is 2.10. The Balaban J connectivity index is 1.98. The molecular formula is C12H15N. The molecule has 1 aromatic rings. The number of hydrogen-bond acceptors (Lipinski definition) is 1. The standard InChI is InChI=1S/C12H15N/c1-11-6-5-9-13(11)10-12-7-3-2-4-8-12/h1-4,7-8,11H,5-6,9-10H2/t11-/m1/s1. The maximum Gasteiger partial charge on any atom is 0.0236 e. The van der Waals surface area contributed by atoms with Crippen LogP contribution in [0.3, 0.4) is 0 Å². The number of nitrogens with zero attached hydrogens (tertiary/aromatic N) is 1. The molecule has 0 saturated carbocycles. The van der Waals surface area contributed by atoms with Crippen LogP contribution in [-0.2, 0) is 6.54 Å². The lowest BCUT2D eigenvalue weighted by Gasteiger charge is -2.20. The molecule has 13 heavy (non-hydrogen) atoms. The van der Waals surface area contributed by atoms with Gasteiger partial charge in [-0.05, 0) is 31.9 Å². The lowest BCUT2D eigenvalue weighted by molar-refractivity contribution is 0.280. The van der Waals surface area contributed by atoms with E-state index in [0.717, 1.165) is 19.5 Å². The SMILES string of the molecule is [CH][C@@H]1CCCN1Cc1ccccc1. The lowest BCUT2D eigenvalue weighted by Crippen LogP contribution is -2.26. The molecule has 0 unspecified atom stereocenters. The molecule has 0 aliphatic carbocycles. The molecule has 0 aromatic heterocycles. The smallest absolute Gasteiger partial charge is 0.0236 e. The highest BCUT2D eigenvalue weighted by Gasteiger charge is 2.19. The van der Waals surface area contributed by atoms with E-state index in [1.807, 2.05) is 6.07 Å². The first-order chi connectivity index (χ1) is 6.36. The molecule has 2 rings (SSSR count). The second-order valence-electron chi connectivity index (χ2n) is 3.67. The van der Waals surface area contributed by atoms with E-state index in [9.17, 15) is 0 Å². The quantitative estimate of drug-likeness (QED) is 0.663. The van der Waals surface area contributed by atoms with Gasteiger partial charge in [0.25, 0.3) is 0 Å². The predicted molar refractivity (Wildman–Crippen MR) is 54.2 cm³/mol. The fourth-order valence-corrected chi connectivity index (χ4v) is 1.87. The van der Waals surface area contributed by atoms with E-state index in [2.05, 4.69) is 29.2 Å². The second kappa shape index (κ2) is 3.93. The highest BCUT2D eigenvalue weighted by molar-refractivity contribution is 5.14. The highest BCUT2D eigenvalue weighted by Crippen LogP contribution is 2.18. The minimum atomic E-state index is 0.278. The largest absolute Gasteiger partial charge is 0.296 e. The van der Waals surface area contributed by atoms with Crippen molar-refractivity contribution in [3.05, 3.63) is 42.8 Å². The fourth-order valence-electron chi connectivity index (χ4n) is 1.87. The Hall–Kier alpha value is -0.820. The van der Waals surface area contributed by atoms with E-state index in [1.165, 1.54) is 12.0 Å². The summed E-state index contributed by atoms with van der Waals surface area (Å²) in [6, 6.07) is 10.8. The summed E-state index contributed by atoms with van der Waals surface area (Å²) in [4.78, 5) is 2.34. The molecule has 1 heteroatoms. The zero-order chi connectivity index (χ0) is 9.10. The van der Waals surface area contributed by atoms with Crippen LogP contribution in [-0.4, -0.2) is 17.5 Å². The van der Waals surface area contributed by atoms with Gasteiger partial charge in [0.05, 0.1) is 0 Å². The first-order valence-electron chi connectivity index (χ1n) is 4.90. The van der Waals surface area contributed by atoms with Crippen molar-refractivity contribution in [1.82, 2.24) is 4.90 Å². The molecule has 1 nitrogen and oxygen atoms in total. The Labute approximate surface area is 80.4 Å². The van der Waals surface area contributed by atoms with Gasteiger partial charge in [-0.1, -0.05) is 30.3 Å². The zero-order valence-corrected chi connectivity index (χ0v) is 7.82. The van der Waals surface area contributed by atoms with E-state index in [1.54, 1.807) is 0 Å². The van der Waals surface area contributed by atoms with Crippen molar-refractivity contribution in [1.29, 1.82) is 0 Å². The maximum absolute atomic E-state index is 5.95.